The molecule has 0 aliphatic carbocycles. The summed E-state index contributed by atoms with van der Waals surface area (Å²) in [4.78, 5) is 82.7. The first-order valence-corrected chi connectivity index (χ1v) is 24.6. The predicted octanol–water partition coefficient (Wildman–Crippen LogP) is -0.897. The summed E-state index contributed by atoms with van der Waals surface area (Å²) in [6.45, 7) is 6.86. The van der Waals surface area contributed by atoms with Gasteiger partial charge in [0.15, 0.2) is 11.1 Å². The number of rotatable bonds is 24. The van der Waals surface area contributed by atoms with Crippen LogP contribution in [0.5, 0.6) is 5.75 Å². The van der Waals surface area contributed by atoms with Crippen molar-refractivity contribution in [2.45, 2.75) is 50.6 Å². The lowest BCUT2D eigenvalue weighted by molar-refractivity contribution is -0.140. The van der Waals surface area contributed by atoms with Gasteiger partial charge in [-0.3, -0.25) is 43.5 Å². The third-order valence-electron chi connectivity index (χ3n) is 9.70. The fraction of sp³-hybridized carbons (Fsp3) is 0.667. The van der Waals surface area contributed by atoms with E-state index in [0.29, 0.717) is 49.5 Å². The molecular weight excluding hydrogens is 913 g/mol. The zero-order valence-electron chi connectivity index (χ0n) is 36.0. The fourth-order valence-corrected chi connectivity index (χ4v) is 8.60. The van der Waals surface area contributed by atoms with E-state index in [1.165, 1.54) is 0 Å². The highest BCUT2D eigenvalue weighted by Crippen LogP contribution is 2.34. The van der Waals surface area contributed by atoms with E-state index in [9.17, 15) is 75.1 Å². The molecule has 1 aromatic rings. The SMILES string of the molecule is CCN1CCN(CC(=O)O)CCN(CC(=O)O)CCN(CC(=O)NC(CS(O)(O)O)C(=O)NC(CS(O)(O)O)C(=O)NCCNC(=O)CCCOc2cc(C)c(S(=O)O)c(C)c2)CC1. The van der Waals surface area contributed by atoms with E-state index >= 15 is 0 Å². The Kier molecular flexibility index (Phi) is 24.4. The summed E-state index contributed by atoms with van der Waals surface area (Å²) >= 11 is -2.16. The standard InChI is InChI=1S/C36H64N8O17S3/c1-4-41-9-11-42(13-14-44(22-33(49)50)16-15-43(12-10-41)21-32(47)48)20-31(46)39-29(24-64(58,59)60)36(52)40-28(23-63(55,56)57)35(51)38-8-7-37-30(45)6-5-17-61-27-18-25(2)34(62(53)54)26(3)19-27/h18-19,28-29,55-60H,4-17,20-24H2,1-3H3,(H,37,45)(H,38,51)(H,39,46)(H,40,52)(H,47,48)(H,49,50)(H,53,54). The van der Waals surface area contributed by atoms with Crippen LogP contribution in [-0.2, 0) is 39.8 Å². The van der Waals surface area contributed by atoms with Gasteiger partial charge in [0.2, 0.25) is 23.6 Å². The normalized spacial score (nSPS) is 17.4. The zero-order valence-corrected chi connectivity index (χ0v) is 38.5. The molecule has 368 valence electrons. The molecule has 3 atom stereocenters. The van der Waals surface area contributed by atoms with Gasteiger partial charge in [0.25, 0.3) is 0 Å². The first kappa shape index (κ1) is 56.4. The minimum absolute atomic E-state index is 0.0268. The minimum atomic E-state index is -4.47. The maximum Gasteiger partial charge on any atom is 0.317 e. The number of likely N-dealkylation sites (N-methyl/N-ethyl adjacent to an activating group) is 1. The van der Waals surface area contributed by atoms with Crippen LogP contribution >= 0.6 is 21.7 Å². The number of aliphatic carboxylic acids is 2. The van der Waals surface area contributed by atoms with E-state index in [1.54, 1.807) is 40.7 Å². The molecule has 0 bridgehead atoms. The van der Waals surface area contributed by atoms with Gasteiger partial charge in [-0.25, -0.2) is 4.21 Å². The van der Waals surface area contributed by atoms with Crippen molar-refractivity contribution in [1.82, 2.24) is 40.9 Å². The monoisotopic (exact) mass is 976 g/mol. The highest BCUT2D eigenvalue weighted by atomic mass is 32.3. The number of hydrogen-bond donors (Lipinski definition) is 13. The van der Waals surface area contributed by atoms with Gasteiger partial charge in [-0.2, -0.15) is 0 Å². The molecule has 3 unspecified atom stereocenters. The predicted molar refractivity (Wildman–Crippen MR) is 237 cm³/mol. The number of carbonyl (C=O) groups excluding carboxylic acids is 4. The third-order valence-corrected chi connectivity index (χ3v) is 12.3. The Morgan fingerprint density at radius 2 is 1.11 bits per heavy atom. The molecule has 1 saturated heterocycles. The van der Waals surface area contributed by atoms with Crippen LogP contribution in [0.3, 0.4) is 0 Å². The van der Waals surface area contributed by atoms with E-state index in [4.69, 9.17) is 4.74 Å². The number of hydrogen-bond acceptors (Lipinski definition) is 18. The molecule has 1 aliphatic rings. The molecule has 2 rings (SSSR count). The largest absolute Gasteiger partial charge is 0.494 e. The van der Waals surface area contributed by atoms with Gasteiger partial charge in [-0.15, -0.1) is 0 Å². The Morgan fingerprint density at radius 3 is 1.55 bits per heavy atom. The summed E-state index contributed by atoms with van der Waals surface area (Å²) in [5.74, 6) is -7.59. The lowest BCUT2D eigenvalue weighted by Gasteiger charge is -2.33. The Balaban J connectivity index is 2.04. The third kappa shape index (κ3) is 23.4. The molecule has 0 spiro atoms. The first-order valence-electron chi connectivity index (χ1n) is 20.1. The van der Waals surface area contributed by atoms with Crippen LogP contribution in [0.1, 0.15) is 30.9 Å². The molecule has 25 nitrogen and oxygen atoms in total. The Labute approximate surface area is 377 Å². The Hall–Kier alpha value is -3.75. The number of benzene rings is 1. The maximum absolute atomic E-state index is 13.5. The second-order valence-corrected chi connectivity index (χ2v) is 19.2. The van der Waals surface area contributed by atoms with Crippen molar-refractivity contribution in [3.63, 3.8) is 0 Å². The van der Waals surface area contributed by atoms with Crippen molar-refractivity contribution in [2.75, 3.05) is 110 Å². The van der Waals surface area contributed by atoms with Crippen molar-refractivity contribution in [2.24, 2.45) is 0 Å². The molecular formula is C36H64N8O17S3. The topological polar surface area (TPSA) is 372 Å². The molecule has 0 aromatic heterocycles. The van der Waals surface area contributed by atoms with Gasteiger partial charge < -0.3 is 73.0 Å². The zero-order chi connectivity index (χ0) is 48.2. The van der Waals surface area contributed by atoms with E-state index in [-0.39, 0.29) is 76.8 Å². The van der Waals surface area contributed by atoms with Crippen molar-refractivity contribution >= 4 is 68.4 Å². The van der Waals surface area contributed by atoms with Crippen molar-refractivity contribution in [3.05, 3.63) is 23.3 Å². The molecule has 0 saturated carbocycles. The van der Waals surface area contributed by atoms with Crippen LogP contribution in [0, 0.1) is 13.8 Å². The molecule has 64 heavy (non-hydrogen) atoms. The fourth-order valence-electron chi connectivity index (χ4n) is 6.57. The van der Waals surface area contributed by atoms with Crippen molar-refractivity contribution < 1.29 is 79.8 Å². The van der Waals surface area contributed by atoms with Gasteiger partial charge in [-0.1, -0.05) is 6.92 Å². The molecule has 1 fully saturated rings. The van der Waals surface area contributed by atoms with Crippen molar-refractivity contribution in [1.29, 1.82) is 0 Å². The van der Waals surface area contributed by atoms with Crippen LogP contribution < -0.4 is 26.0 Å². The van der Waals surface area contributed by atoms with E-state index < -0.39 is 98.5 Å². The maximum atomic E-state index is 13.5. The van der Waals surface area contributed by atoms with Gasteiger partial charge in [0, 0.05) is 71.9 Å². The quantitative estimate of drug-likeness (QED) is 0.0441. The summed E-state index contributed by atoms with van der Waals surface area (Å²) in [6, 6.07) is -0.584. The number of ether oxygens (including phenoxy) is 1. The number of carboxylic acids is 2. The lowest BCUT2D eigenvalue weighted by atomic mass is 10.1. The average Bonchev–Trinajstić information content (AvgIpc) is 3.15. The van der Waals surface area contributed by atoms with Gasteiger partial charge >= 0.3 is 11.9 Å². The summed E-state index contributed by atoms with van der Waals surface area (Å²) in [5.41, 5.74) is 1.14. The van der Waals surface area contributed by atoms with Gasteiger partial charge in [0.05, 0.1) is 64.4 Å². The van der Waals surface area contributed by atoms with Crippen LogP contribution in [0.2, 0.25) is 0 Å². The highest BCUT2D eigenvalue weighted by molar-refractivity contribution is 8.19. The molecule has 1 heterocycles. The average molecular weight is 977 g/mol. The lowest BCUT2D eigenvalue weighted by Crippen LogP contribution is -2.58. The molecule has 1 aliphatic heterocycles. The van der Waals surface area contributed by atoms with E-state index in [2.05, 4.69) is 21.3 Å². The number of nitrogens with one attached hydrogen (secondary N) is 4. The number of nitrogens with zero attached hydrogens (tertiary/aromatic N) is 4. The molecule has 0 radical (unpaired) electrons. The van der Waals surface area contributed by atoms with E-state index in [0.717, 1.165) is 0 Å². The number of aryl methyl sites for hydroxylation is 2. The number of amides is 4. The Morgan fingerprint density at radius 1 is 0.672 bits per heavy atom. The number of carboxylic acid groups (broad SMARTS) is 2. The summed E-state index contributed by atoms with van der Waals surface area (Å²) in [6.07, 6.45) is 0.319. The number of carbonyl (C=O) groups is 6. The first-order chi connectivity index (χ1) is 29.8. The smallest absolute Gasteiger partial charge is 0.317 e. The Bertz CT molecular complexity index is 1730. The van der Waals surface area contributed by atoms with Crippen LogP contribution in [-0.4, -0.2) is 223 Å². The van der Waals surface area contributed by atoms with Crippen LogP contribution in [0.15, 0.2) is 17.0 Å². The molecule has 4 amide bonds. The second kappa shape index (κ2) is 27.7. The molecule has 28 heteroatoms. The van der Waals surface area contributed by atoms with Gasteiger partial charge in [0.1, 0.15) is 17.8 Å². The summed E-state index contributed by atoms with van der Waals surface area (Å²) < 4.78 is 85.5. The minimum Gasteiger partial charge on any atom is -0.494 e. The second-order valence-electron chi connectivity index (χ2n) is 15.1. The van der Waals surface area contributed by atoms with Crippen LogP contribution in [0.25, 0.3) is 0 Å². The highest BCUT2D eigenvalue weighted by Gasteiger charge is 2.34. The van der Waals surface area contributed by atoms with E-state index in [1.807, 2.05) is 11.8 Å². The summed E-state index contributed by atoms with van der Waals surface area (Å²) in [7, 11) is -8.91. The summed E-state index contributed by atoms with van der Waals surface area (Å²) in [5, 5.41) is 28.2. The van der Waals surface area contributed by atoms with Gasteiger partial charge in [-0.05, 0) is 50.1 Å². The van der Waals surface area contributed by atoms with Crippen molar-refractivity contribution in [3.8, 4) is 5.75 Å². The molecule has 1 aromatic carbocycles. The molecule has 13 N–H and O–H groups in total. The van der Waals surface area contributed by atoms with Crippen LogP contribution in [0.4, 0.5) is 0 Å².